The van der Waals surface area contributed by atoms with Crippen LogP contribution < -0.4 is 0 Å². The Kier molecular flexibility index (Phi) is 2.69. The van der Waals surface area contributed by atoms with Crippen molar-refractivity contribution in [2.24, 2.45) is 0 Å². The van der Waals surface area contributed by atoms with E-state index < -0.39 is 5.82 Å². The molecule has 0 atom stereocenters. The Labute approximate surface area is 92.5 Å². The average Bonchev–Trinajstić information content (AvgIpc) is 2.22. The third kappa shape index (κ3) is 2.16. The third-order valence-corrected chi connectivity index (χ3v) is 2.41. The molecule has 1 aromatic heterocycles. The van der Waals surface area contributed by atoms with Gasteiger partial charge < -0.3 is 0 Å². The molecular formula is C12H9ClFN. The van der Waals surface area contributed by atoms with Crippen LogP contribution in [0.15, 0.2) is 36.4 Å². The summed E-state index contributed by atoms with van der Waals surface area (Å²) in [6.45, 7) is 1.90. The normalized spacial score (nSPS) is 10.3. The van der Waals surface area contributed by atoms with E-state index in [4.69, 9.17) is 11.6 Å². The first kappa shape index (κ1) is 10.1. The van der Waals surface area contributed by atoms with Gasteiger partial charge in [0.25, 0.3) is 0 Å². The smallest absolute Gasteiger partial charge is 0.142 e. The van der Waals surface area contributed by atoms with E-state index in [1.807, 2.05) is 25.1 Å². The first-order chi connectivity index (χ1) is 7.16. The summed E-state index contributed by atoms with van der Waals surface area (Å²) in [6.07, 6.45) is 0. The van der Waals surface area contributed by atoms with E-state index in [0.29, 0.717) is 0 Å². The van der Waals surface area contributed by atoms with Gasteiger partial charge in [0, 0.05) is 11.3 Å². The van der Waals surface area contributed by atoms with Crippen molar-refractivity contribution in [2.75, 3.05) is 0 Å². The summed E-state index contributed by atoms with van der Waals surface area (Å²) in [5.41, 5.74) is 2.40. The number of nitrogens with zero attached hydrogens (tertiary/aromatic N) is 1. The second-order valence-electron chi connectivity index (χ2n) is 3.29. The lowest BCUT2D eigenvalue weighted by molar-refractivity contribution is 0.628. The maximum Gasteiger partial charge on any atom is 0.142 e. The molecule has 1 nitrogen and oxygen atoms in total. The molecule has 1 heterocycles. The van der Waals surface area contributed by atoms with Crippen molar-refractivity contribution in [1.82, 2.24) is 4.98 Å². The van der Waals surface area contributed by atoms with Crippen LogP contribution in [0.2, 0.25) is 5.02 Å². The predicted molar refractivity (Wildman–Crippen MR) is 59.4 cm³/mol. The highest BCUT2D eigenvalue weighted by Gasteiger charge is 2.03. The van der Waals surface area contributed by atoms with Gasteiger partial charge in [0.2, 0.25) is 0 Å². The van der Waals surface area contributed by atoms with Crippen LogP contribution in [0.5, 0.6) is 0 Å². The fourth-order valence-corrected chi connectivity index (χ4v) is 1.48. The molecule has 0 aliphatic heterocycles. The van der Waals surface area contributed by atoms with Crippen LogP contribution in [-0.4, -0.2) is 4.98 Å². The van der Waals surface area contributed by atoms with Gasteiger partial charge in [-0.3, -0.25) is 4.98 Å². The van der Waals surface area contributed by atoms with Crippen molar-refractivity contribution in [2.45, 2.75) is 6.92 Å². The van der Waals surface area contributed by atoms with Crippen LogP contribution in [0.25, 0.3) is 11.3 Å². The molecule has 0 radical (unpaired) electrons. The fourth-order valence-electron chi connectivity index (χ4n) is 1.36. The van der Waals surface area contributed by atoms with E-state index in [-0.39, 0.29) is 5.02 Å². The molecular weight excluding hydrogens is 213 g/mol. The first-order valence-electron chi connectivity index (χ1n) is 4.56. The van der Waals surface area contributed by atoms with E-state index in [1.54, 1.807) is 6.07 Å². The van der Waals surface area contributed by atoms with Gasteiger partial charge in [0.05, 0.1) is 10.7 Å². The van der Waals surface area contributed by atoms with E-state index in [1.165, 1.54) is 12.1 Å². The Hall–Kier alpha value is -1.41. The van der Waals surface area contributed by atoms with Crippen molar-refractivity contribution >= 4 is 11.6 Å². The van der Waals surface area contributed by atoms with Crippen LogP contribution in [0.4, 0.5) is 4.39 Å². The quantitative estimate of drug-likeness (QED) is 0.713. The maximum absolute atomic E-state index is 13.2. The zero-order chi connectivity index (χ0) is 10.8. The Morgan fingerprint density at radius 1 is 1.20 bits per heavy atom. The Morgan fingerprint density at radius 3 is 2.67 bits per heavy atom. The van der Waals surface area contributed by atoms with Gasteiger partial charge >= 0.3 is 0 Å². The Morgan fingerprint density at radius 2 is 2.00 bits per heavy atom. The molecule has 0 spiro atoms. The molecule has 76 valence electrons. The monoisotopic (exact) mass is 221 g/mol. The van der Waals surface area contributed by atoms with E-state index in [2.05, 4.69) is 4.98 Å². The van der Waals surface area contributed by atoms with Crippen LogP contribution >= 0.6 is 11.6 Å². The van der Waals surface area contributed by atoms with E-state index in [0.717, 1.165) is 17.0 Å². The van der Waals surface area contributed by atoms with Crippen molar-refractivity contribution in [3.63, 3.8) is 0 Å². The minimum atomic E-state index is -0.419. The minimum Gasteiger partial charge on any atom is -0.253 e. The molecule has 15 heavy (non-hydrogen) atoms. The van der Waals surface area contributed by atoms with Crippen molar-refractivity contribution in [3.8, 4) is 11.3 Å². The molecule has 1 aromatic carbocycles. The van der Waals surface area contributed by atoms with Gasteiger partial charge in [-0.25, -0.2) is 4.39 Å². The van der Waals surface area contributed by atoms with Crippen molar-refractivity contribution in [1.29, 1.82) is 0 Å². The fraction of sp³-hybridized carbons (Fsp3) is 0.0833. The molecule has 0 aliphatic carbocycles. The number of aryl methyl sites for hydroxylation is 1. The molecule has 3 heteroatoms. The molecule has 0 bridgehead atoms. The summed E-state index contributed by atoms with van der Waals surface area (Å²) in [4.78, 5) is 4.30. The number of hydrogen-bond acceptors (Lipinski definition) is 1. The van der Waals surface area contributed by atoms with Crippen LogP contribution in [0.1, 0.15) is 5.69 Å². The molecule has 0 fully saturated rings. The highest BCUT2D eigenvalue weighted by atomic mass is 35.5. The summed E-state index contributed by atoms with van der Waals surface area (Å²) in [6, 6.07) is 10.3. The van der Waals surface area contributed by atoms with Crippen LogP contribution in [-0.2, 0) is 0 Å². The standard InChI is InChI=1S/C12H9ClFN/c1-8-3-2-4-12(15-8)9-5-6-10(13)11(14)7-9/h2-7H,1H3. The largest absolute Gasteiger partial charge is 0.253 e. The number of benzene rings is 1. The lowest BCUT2D eigenvalue weighted by Gasteiger charge is -2.02. The van der Waals surface area contributed by atoms with Gasteiger partial charge in [0.1, 0.15) is 5.82 Å². The number of pyridine rings is 1. The van der Waals surface area contributed by atoms with Gasteiger partial charge in [0.15, 0.2) is 0 Å². The summed E-state index contributed by atoms with van der Waals surface area (Å²) < 4.78 is 13.2. The third-order valence-electron chi connectivity index (χ3n) is 2.10. The SMILES string of the molecule is Cc1cccc(-c2ccc(Cl)c(F)c2)n1. The topological polar surface area (TPSA) is 12.9 Å². The molecule has 2 aromatic rings. The number of aromatic nitrogens is 1. The average molecular weight is 222 g/mol. The second-order valence-corrected chi connectivity index (χ2v) is 3.70. The van der Waals surface area contributed by atoms with Crippen molar-refractivity contribution < 1.29 is 4.39 Å². The molecule has 0 saturated heterocycles. The minimum absolute atomic E-state index is 0.131. The molecule has 0 unspecified atom stereocenters. The van der Waals surface area contributed by atoms with E-state index in [9.17, 15) is 4.39 Å². The van der Waals surface area contributed by atoms with Gasteiger partial charge in [-0.2, -0.15) is 0 Å². The Bertz CT molecular complexity index is 497. The summed E-state index contributed by atoms with van der Waals surface area (Å²) in [7, 11) is 0. The van der Waals surface area contributed by atoms with Gasteiger partial charge in [-0.05, 0) is 31.2 Å². The highest BCUT2D eigenvalue weighted by Crippen LogP contribution is 2.22. The number of halogens is 2. The highest BCUT2D eigenvalue weighted by molar-refractivity contribution is 6.30. The molecule has 0 N–H and O–H groups in total. The lowest BCUT2D eigenvalue weighted by Crippen LogP contribution is -1.87. The number of hydrogen-bond donors (Lipinski definition) is 0. The van der Waals surface area contributed by atoms with Gasteiger partial charge in [-0.1, -0.05) is 23.7 Å². The maximum atomic E-state index is 13.2. The predicted octanol–water partition coefficient (Wildman–Crippen LogP) is 3.85. The summed E-state index contributed by atoms with van der Waals surface area (Å²) in [5, 5.41) is 0.131. The van der Waals surface area contributed by atoms with Crippen LogP contribution in [0, 0.1) is 12.7 Å². The molecule has 0 aliphatic rings. The second kappa shape index (κ2) is 3.99. The molecule has 0 amide bonds. The number of rotatable bonds is 1. The zero-order valence-electron chi connectivity index (χ0n) is 8.17. The Balaban J connectivity index is 2.50. The lowest BCUT2D eigenvalue weighted by atomic mass is 10.1. The van der Waals surface area contributed by atoms with Crippen LogP contribution in [0.3, 0.4) is 0 Å². The summed E-state index contributed by atoms with van der Waals surface area (Å²) >= 11 is 5.60. The molecule has 0 saturated carbocycles. The van der Waals surface area contributed by atoms with E-state index >= 15 is 0 Å². The first-order valence-corrected chi connectivity index (χ1v) is 4.94. The summed E-state index contributed by atoms with van der Waals surface area (Å²) in [5.74, 6) is -0.419. The van der Waals surface area contributed by atoms with Gasteiger partial charge in [-0.15, -0.1) is 0 Å². The van der Waals surface area contributed by atoms with Crippen molar-refractivity contribution in [3.05, 3.63) is 52.9 Å². The molecule has 2 rings (SSSR count). The zero-order valence-corrected chi connectivity index (χ0v) is 8.92.